The van der Waals surface area contributed by atoms with Gasteiger partial charge in [-0.1, -0.05) is 45.0 Å². The molecule has 0 aliphatic heterocycles. The van der Waals surface area contributed by atoms with Gasteiger partial charge in [-0.25, -0.2) is 9.97 Å². The van der Waals surface area contributed by atoms with Gasteiger partial charge in [-0.2, -0.15) is 0 Å². The number of nitrogens with two attached hydrogens (primary N) is 1. The van der Waals surface area contributed by atoms with Gasteiger partial charge >= 0.3 is 0 Å². The standard InChI is InChI=1S/C24H27N5O/c1-4-16-9-11-17(12-10-16)29-22(25)20(24(30)26-14-13-15(2)3)21-23(29)28-19-8-6-5-7-18(19)27-21/h5-12,15H,4,13-14,25H2,1-3H3,(H,26,30). The molecule has 4 rings (SSSR count). The quantitative estimate of drug-likeness (QED) is 0.498. The summed E-state index contributed by atoms with van der Waals surface area (Å²) < 4.78 is 1.82. The number of nitrogens with zero attached hydrogens (tertiary/aromatic N) is 3. The van der Waals surface area contributed by atoms with Gasteiger partial charge in [-0.15, -0.1) is 0 Å². The van der Waals surface area contributed by atoms with Crippen molar-refractivity contribution in [2.75, 3.05) is 12.3 Å². The Morgan fingerprint density at radius 2 is 1.73 bits per heavy atom. The molecule has 1 amide bonds. The Balaban J connectivity index is 1.90. The molecule has 2 aromatic carbocycles. The van der Waals surface area contributed by atoms with Crippen molar-refractivity contribution in [1.29, 1.82) is 0 Å². The first-order valence-electron chi connectivity index (χ1n) is 10.4. The van der Waals surface area contributed by atoms with Crippen molar-refractivity contribution in [3.05, 3.63) is 59.7 Å². The van der Waals surface area contributed by atoms with Crippen molar-refractivity contribution in [2.45, 2.75) is 33.6 Å². The highest BCUT2D eigenvalue weighted by Gasteiger charge is 2.24. The van der Waals surface area contributed by atoms with Crippen LogP contribution in [0.25, 0.3) is 27.9 Å². The van der Waals surface area contributed by atoms with E-state index in [-0.39, 0.29) is 5.91 Å². The molecule has 30 heavy (non-hydrogen) atoms. The number of benzene rings is 2. The Morgan fingerprint density at radius 3 is 2.37 bits per heavy atom. The van der Waals surface area contributed by atoms with E-state index in [1.54, 1.807) is 0 Å². The number of hydrogen-bond donors (Lipinski definition) is 2. The number of aryl methyl sites for hydroxylation is 1. The fraction of sp³-hybridized carbons (Fsp3) is 0.292. The predicted octanol–water partition coefficient (Wildman–Crippen LogP) is 4.49. The molecule has 0 saturated heterocycles. The minimum Gasteiger partial charge on any atom is -0.384 e. The molecule has 0 aliphatic rings. The zero-order valence-electron chi connectivity index (χ0n) is 17.6. The van der Waals surface area contributed by atoms with Crippen LogP contribution in [0.5, 0.6) is 0 Å². The first kappa shape index (κ1) is 19.9. The number of nitrogen functional groups attached to an aromatic ring is 1. The third kappa shape index (κ3) is 3.61. The van der Waals surface area contributed by atoms with Crippen LogP contribution < -0.4 is 11.1 Å². The van der Waals surface area contributed by atoms with Crippen LogP contribution in [0, 0.1) is 5.92 Å². The van der Waals surface area contributed by atoms with Crippen LogP contribution in [-0.2, 0) is 6.42 Å². The van der Waals surface area contributed by atoms with Crippen molar-refractivity contribution in [3.8, 4) is 5.69 Å². The lowest BCUT2D eigenvalue weighted by Gasteiger charge is -2.09. The molecule has 0 fully saturated rings. The molecule has 6 nitrogen and oxygen atoms in total. The van der Waals surface area contributed by atoms with Gasteiger partial charge in [0.05, 0.1) is 11.0 Å². The Hall–Kier alpha value is -3.41. The van der Waals surface area contributed by atoms with Gasteiger partial charge in [-0.05, 0) is 48.6 Å². The number of nitrogens with one attached hydrogen (secondary N) is 1. The van der Waals surface area contributed by atoms with Crippen LogP contribution in [0.3, 0.4) is 0 Å². The Labute approximate surface area is 176 Å². The number of carbonyl (C=O) groups excluding carboxylic acids is 1. The number of carbonyl (C=O) groups is 1. The fourth-order valence-electron chi connectivity index (χ4n) is 3.59. The molecular weight excluding hydrogens is 374 g/mol. The molecule has 2 aromatic heterocycles. The third-order valence-corrected chi connectivity index (χ3v) is 5.33. The van der Waals surface area contributed by atoms with Crippen LogP contribution >= 0.6 is 0 Å². The van der Waals surface area contributed by atoms with Crippen LogP contribution in [0.1, 0.15) is 43.1 Å². The lowest BCUT2D eigenvalue weighted by Crippen LogP contribution is -2.26. The van der Waals surface area contributed by atoms with E-state index in [9.17, 15) is 4.79 Å². The predicted molar refractivity (Wildman–Crippen MR) is 122 cm³/mol. The van der Waals surface area contributed by atoms with Crippen molar-refractivity contribution in [1.82, 2.24) is 19.9 Å². The molecule has 0 bridgehead atoms. The summed E-state index contributed by atoms with van der Waals surface area (Å²) in [6, 6.07) is 15.8. The van der Waals surface area contributed by atoms with Gasteiger partial charge in [0.25, 0.3) is 5.91 Å². The van der Waals surface area contributed by atoms with Crippen LogP contribution in [-0.4, -0.2) is 27.0 Å². The Kier molecular flexibility index (Phi) is 5.40. The van der Waals surface area contributed by atoms with Gasteiger partial charge < -0.3 is 11.1 Å². The highest BCUT2D eigenvalue weighted by Crippen LogP contribution is 2.31. The minimum atomic E-state index is -0.216. The van der Waals surface area contributed by atoms with Crippen LogP contribution in [0.15, 0.2) is 48.5 Å². The van der Waals surface area contributed by atoms with E-state index in [2.05, 4.69) is 38.2 Å². The lowest BCUT2D eigenvalue weighted by atomic mass is 10.1. The Bertz CT molecular complexity index is 1210. The minimum absolute atomic E-state index is 0.216. The molecule has 4 aromatic rings. The second-order valence-electron chi connectivity index (χ2n) is 7.94. The van der Waals surface area contributed by atoms with Gasteiger partial charge in [-0.3, -0.25) is 9.36 Å². The van der Waals surface area contributed by atoms with Crippen LogP contribution in [0.2, 0.25) is 0 Å². The Morgan fingerprint density at radius 1 is 1.07 bits per heavy atom. The highest BCUT2D eigenvalue weighted by atomic mass is 16.1. The normalized spacial score (nSPS) is 11.5. The number of fused-ring (bicyclic) bond motifs is 2. The highest BCUT2D eigenvalue weighted by molar-refractivity contribution is 6.11. The summed E-state index contributed by atoms with van der Waals surface area (Å²) in [7, 11) is 0. The second kappa shape index (κ2) is 8.14. The average Bonchev–Trinajstić information content (AvgIpc) is 3.02. The fourth-order valence-corrected chi connectivity index (χ4v) is 3.59. The monoisotopic (exact) mass is 401 g/mol. The van der Waals surface area contributed by atoms with Gasteiger partial charge in [0.1, 0.15) is 16.9 Å². The summed E-state index contributed by atoms with van der Waals surface area (Å²) in [5.41, 5.74) is 11.6. The van der Waals surface area contributed by atoms with E-state index in [0.717, 1.165) is 29.6 Å². The molecule has 0 atom stereocenters. The van der Waals surface area contributed by atoms with E-state index < -0.39 is 0 Å². The zero-order chi connectivity index (χ0) is 21.3. The van der Waals surface area contributed by atoms with E-state index in [0.29, 0.717) is 35.0 Å². The summed E-state index contributed by atoms with van der Waals surface area (Å²) in [6.07, 6.45) is 1.85. The number of amides is 1. The molecule has 0 spiro atoms. The molecule has 6 heteroatoms. The van der Waals surface area contributed by atoms with E-state index in [1.807, 2.05) is 41.0 Å². The van der Waals surface area contributed by atoms with Gasteiger partial charge in [0, 0.05) is 12.2 Å². The van der Waals surface area contributed by atoms with Gasteiger partial charge in [0.2, 0.25) is 0 Å². The van der Waals surface area contributed by atoms with Gasteiger partial charge in [0.15, 0.2) is 5.65 Å². The molecule has 0 radical (unpaired) electrons. The number of para-hydroxylation sites is 2. The smallest absolute Gasteiger partial charge is 0.257 e. The lowest BCUT2D eigenvalue weighted by molar-refractivity contribution is 0.0954. The summed E-state index contributed by atoms with van der Waals surface area (Å²) in [4.78, 5) is 22.6. The molecular formula is C24H27N5O. The SMILES string of the molecule is CCc1ccc(-n2c(N)c(C(=O)NCCC(C)C)c3nc4ccccc4nc32)cc1. The number of anilines is 1. The maximum absolute atomic E-state index is 13.1. The molecule has 154 valence electrons. The molecule has 2 heterocycles. The topological polar surface area (TPSA) is 85.8 Å². The summed E-state index contributed by atoms with van der Waals surface area (Å²) >= 11 is 0. The van der Waals surface area contributed by atoms with E-state index in [1.165, 1.54) is 5.56 Å². The number of aromatic nitrogens is 3. The number of hydrogen-bond acceptors (Lipinski definition) is 4. The maximum atomic E-state index is 13.1. The van der Waals surface area contributed by atoms with Crippen molar-refractivity contribution in [3.63, 3.8) is 0 Å². The summed E-state index contributed by atoms with van der Waals surface area (Å²) in [5.74, 6) is 0.642. The zero-order valence-corrected chi connectivity index (χ0v) is 17.6. The summed E-state index contributed by atoms with van der Waals surface area (Å²) in [5, 5.41) is 2.99. The largest absolute Gasteiger partial charge is 0.384 e. The maximum Gasteiger partial charge on any atom is 0.257 e. The molecule has 3 N–H and O–H groups in total. The second-order valence-corrected chi connectivity index (χ2v) is 7.94. The third-order valence-electron chi connectivity index (χ3n) is 5.33. The van der Waals surface area contributed by atoms with Crippen LogP contribution in [0.4, 0.5) is 5.82 Å². The average molecular weight is 402 g/mol. The summed E-state index contributed by atoms with van der Waals surface area (Å²) in [6.45, 7) is 6.97. The number of rotatable bonds is 6. The van der Waals surface area contributed by atoms with E-state index >= 15 is 0 Å². The van der Waals surface area contributed by atoms with Crippen molar-refractivity contribution < 1.29 is 4.79 Å². The van der Waals surface area contributed by atoms with Crippen molar-refractivity contribution in [2.24, 2.45) is 5.92 Å². The van der Waals surface area contributed by atoms with Crippen molar-refractivity contribution >= 4 is 33.9 Å². The first-order valence-corrected chi connectivity index (χ1v) is 10.4. The molecule has 0 aliphatic carbocycles. The first-order chi connectivity index (χ1) is 14.5. The molecule has 0 unspecified atom stereocenters. The van der Waals surface area contributed by atoms with E-state index in [4.69, 9.17) is 15.7 Å². The molecule has 0 saturated carbocycles.